The zero-order valence-corrected chi connectivity index (χ0v) is 20.0. The van der Waals surface area contributed by atoms with Crippen molar-refractivity contribution in [3.8, 4) is 11.5 Å². The number of nitrogens with zero attached hydrogens (tertiary/aromatic N) is 4. The number of rotatable bonds is 7. The number of amides is 1. The smallest absolute Gasteiger partial charge is 0.248 e. The van der Waals surface area contributed by atoms with Crippen LogP contribution in [0.4, 0.5) is 11.5 Å². The van der Waals surface area contributed by atoms with Crippen LogP contribution < -0.4 is 10.1 Å². The normalized spacial score (nSPS) is 13.5. The Bertz CT molecular complexity index is 1370. The first-order chi connectivity index (χ1) is 17.0. The zero-order chi connectivity index (χ0) is 24.4. The molecular formula is C27H27N5O3. The Kier molecular flexibility index (Phi) is 6.29. The molecule has 1 saturated heterocycles. The lowest BCUT2D eigenvalue weighted by atomic mass is 9.90. The number of carbonyl (C=O) groups is 1. The van der Waals surface area contributed by atoms with Crippen molar-refractivity contribution in [2.75, 3.05) is 32.1 Å². The van der Waals surface area contributed by atoms with E-state index in [-0.39, 0.29) is 12.5 Å². The topological polar surface area (TPSA) is 89.5 Å². The predicted molar refractivity (Wildman–Crippen MR) is 134 cm³/mol. The van der Waals surface area contributed by atoms with E-state index >= 15 is 0 Å². The van der Waals surface area contributed by atoms with E-state index in [0.717, 1.165) is 39.4 Å². The highest BCUT2D eigenvalue weighted by Gasteiger charge is 2.31. The average molecular weight is 470 g/mol. The van der Waals surface area contributed by atoms with Gasteiger partial charge in [0.05, 0.1) is 11.7 Å². The van der Waals surface area contributed by atoms with Gasteiger partial charge in [-0.15, -0.1) is 0 Å². The Hall–Kier alpha value is -4.04. The summed E-state index contributed by atoms with van der Waals surface area (Å²) in [7, 11) is 1.54. The molecule has 1 aliphatic heterocycles. The lowest BCUT2D eigenvalue weighted by Crippen LogP contribution is -2.49. The molecule has 2 aromatic carbocycles. The van der Waals surface area contributed by atoms with Crippen molar-refractivity contribution in [2.24, 2.45) is 0 Å². The van der Waals surface area contributed by atoms with Crippen LogP contribution in [-0.2, 0) is 9.53 Å². The number of likely N-dealkylation sites (tertiary alicyclic amines) is 1. The first kappa shape index (κ1) is 22.7. The SMILES string of the molecule is COCC(=O)N1CC(c2ccc3ncnc(Nc4ccc(Oc5ccc(C)nc5)c(C)c4)c3c2)C1. The van der Waals surface area contributed by atoms with Gasteiger partial charge in [-0.3, -0.25) is 9.78 Å². The van der Waals surface area contributed by atoms with Gasteiger partial charge >= 0.3 is 0 Å². The molecule has 4 aromatic rings. The molecule has 3 heterocycles. The van der Waals surface area contributed by atoms with Crippen LogP contribution in [0.25, 0.3) is 10.9 Å². The Morgan fingerprint density at radius 2 is 1.91 bits per heavy atom. The van der Waals surface area contributed by atoms with E-state index in [0.29, 0.717) is 24.8 Å². The molecule has 35 heavy (non-hydrogen) atoms. The third-order valence-corrected chi connectivity index (χ3v) is 6.18. The number of hydrogen-bond acceptors (Lipinski definition) is 7. The molecule has 0 unspecified atom stereocenters. The number of aromatic nitrogens is 3. The zero-order valence-electron chi connectivity index (χ0n) is 20.0. The summed E-state index contributed by atoms with van der Waals surface area (Å²) in [5.41, 5.74) is 4.88. The van der Waals surface area contributed by atoms with E-state index in [1.54, 1.807) is 12.5 Å². The van der Waals surface area contributed by atoms with Crippen molar-refractivity contribution in [1.82, 2.24) is 19.9 Å². The monoisotopic (exact) mass is 469 g/mol. The lowest BCUT2D eigenvalue weighted by Gasteiger charge is -2.39. The summed E-state index contributed by atoms with van der Waals surface area (Å²) in [6.07, 6.45) is 3.29. The Morgan fingerprint density at radius 1 is 1.06 bits per heavy atom. The van der Waals surface area contributed by atoms with Gasteiger partial charge in [0, 0.05) is 42.9 Å². The number of methoxy groups -OCH3 is 1. The number of ether oxygens (including phenoxy) is 2. The third kappa shape index (κ3) is 4.93. The number of pyridine rings is 1. The second kappa shape index (κ2) is 9.68. The molecule has 1 fully saturated rings. The van der Waals surface area contributed by atoms with Crippen molar-refractivity contribution >= 4 is 28.3 Å². The van der Waals surface area contributed by atoms with E-state index in [1.807, 2.05) is 55.1 Å². The van der Waals surface area contributed by atoms with Gasteiger partial charge in [-0.1, -0.05) is 6.07 Å². The molecule has 5 rings (SSSR count). The molecule has 178 valence electrons. The van der Waals surface area contributed by atoms with Crippen LogP contribution in [-0.4, -0.2) is 52.6 Å². The molecule has 0 radical (unpaired) electrons. The molecular weight excluding hydrogens is 442 g/mol. The van der Waals surface area contributed by atoms with Crippen LogP contribution in [0.15, 0.2) is 61.1 Å². The Balaban J connectivity index is 1.33. The molecule has 1 aliphatic rings. The number of benzene rings is 2. The highest BCUT2D eigenvalue weighted by molar-refractivity contribution is 5.91. The van der Waals surface area contributed by atoms with Gasteiger partial charge in [0.1, 0.15) is 30.3 Å². The molecule has 0 aliphatic carbocycles. The maximum atomic E-state index is 12.0. The number of carbonyl (C=O) groups excluding carboxylic acids is 1. The van der Waals surface area contributed by atoms with Crippen molar-refractivity contribution in [2.45, 2.75) is 19.8 Å². The van der Waals surface area contributed by atoms with E-state index in [9.17, 15) is 4.79 Å². The molecule has 2 aromatic heterocycles. The van der Waals surface area contributed by atoms with Gasteiger partial charge in [-0.05, 0) is 67.4 Å². The summed E-state index contributed by atoms with van der Waals surface area (Å²) in [6, 6.07) is 16.0. The van der Waals surface area contributed by atoms with Gasteiger partial charge < -0.3 is 19.7 Å². The quantitative estimate of drug-likeness (QED) is 0.418. The Morgan fingerprint density at radius 3 is 2.66 bits per heavy atom. The van der Waals surface area contributed by atoms with E-state index < -0.39 is 0 Å². The van der Waals surface area contributed by atoms with Crippen LogP contribution in [0.1, 0.15) is 22.7 Å². The molecule has 1 amide bonds. The molecule has 0 saturated carbocycles. The summed E-state index contributed by atoms with van der Waals surface area (Å²) in [5.74, 6) is 2.53. The lowest BCUT2D eigenvalue weighted by molar-refractivity contribution is -0.139. The maximum absolute atomic E-state index is 12.0. The third-order valence-electron chi connectivity index (χ3n) is 6.18. The molecule has 8 heteroatoms. The van der Waals surface area contributed by atoms with E-state index in [2.05, 4.69) is 32.4 Å². The highest BCUT2D eigenvalue weighted by atomic mass is 16.5. The summed E-state index contributed by atoms with van der Waals surface area (Å²) < 4.78 is 10.9. The minimum atomic E-state index is 0.0247. The van der Waals surface area contributed by atoms with Crippen molar-refractivity contribution in [3.05, 3.63) is 77.9 Å². The first-order valence-electron chi connectivity index (χ1n) is 11.5. The fourth-order valence-corrected chi connectivity index (χ4v) is 4.16. The largest absolute Gasteiger partial charge is 0.455 e. The number of nitrogens with one attached hydrogen (secondary N) is 1. The Labute approximate surface area is 203 Å². The van der Waals surface area contributed by atoms with Crippen LogP contribution in [0.3, 0.4) is 0 Å². The van der Waals surface area contributed by atoms with E-state index in [4.69, 9.17) is 9.47 Å². The standard InChI is InChI=1S/C27H27N5O3/c1-17-10-21(6-9-25(17)35-22-7-4-18(2)28-12-22)31-27-23-11-19(5-8-24(23)29-16-30-27)20-13-32(14-20)26(33)15-34-3/h4-12,16,20H,13-15H2,1-3H3,(H,29,30,31). The van der Waals surface area contributed by atoms with Crippen molar-refractivity contribution < 1.29 is 14.3 Å². The molecule has 0 bridgehead atoms. The van der Waals surface area contributed by atoms with Crippen molar-refractivity contribution in [1.29, 1.82) is 0 Å². The van der Waals surface area contributed by atoms with Crippen LogP contribution >= 0.6 is 0 Å². The fraction of sp³-hybridized carbons (Fsp3) is 0.259. The van der Waals surface area contributed by atoms with E-state index in [1.165, 1.54) is 12.7 Å². The first-order valence-corrected chi connectivity index (χ1v) is 11.5. The summed E-state index contributed by atoms with van der Waals surface area (Å²) in [5, 5.41) is 4.37. The molecule has 1 N–H and O–H groups in total. The maximum Gasteiger partial charge on any atom is 0.248 e. The second-order valence-corrected chi connectivity index (χ2v) is 8.77. The van der Waals surface area contributed by atoms with Gasteiger partial charge in [0.2, 0.25) is 5.91 Å². The summed E-state index contributed by atoms with van der Waals surface area (Å²) >= 11 is 0. The highest BCUT2D eigenvalue weighted by Crippen LogP contribution is 2.33. The average Bonchev–Trinajstić information content (AvgIpc) is 2.82. The minimum Gasteiger partial charge on any atom is -0.455 e. The van der Waals surface area contributed by atoms with Gasteiger partial charge in [0.25, 0.3) is 0 Å². The molecule has 0 spiro atoms. The summed E-state index contributed by atoms with van der Waals surface area (Å²) in [4.78, 5) is 27.0. The van der Waals surface area contributed by atoms with Crippen LogP contribution in [0, 0.1) is 13.8 Å². The van der Waals surface area contributed by atoms with Crippen LogP contribution in [0.2, 0.25) is 0 Å². The number of aryl methyl sites for hydroxylation is 2. The van der Waals surface area contributed by atoms with Gasteiger partial charge in [0.15, 0.2) is 0 Å². The number of hydrogen-bond donors (Lipinski definition) is 1. The summed E-state index contributed by atoms with van der Waals surface area (Å²) in [6.45, 7) is 5.46. The molecule has 0 atom stereocenters. The van der Waals surface area contributed by atoms with Crippen LogP contribution in [0.5, 0.6) is 11.5 Å². The fourth-order valence-electron chi connectivity index (χ4n) is 4.16. The van der Waals surface area contributed by atoms with Crippen molar-refractivity contribution in [3.63, 3.8) is 0 Å². The second-order valence-electron chi connectivity index (χ2n) is 8.77. The van der Waals surface area contributed by atoms with Gasteiger partial charge in [-0.2, -0.15) is 0 Å². The molecule has 8 nitrogen and oxygen atoms in total. The van der Waals surface area contributed by atoms with Gasteiger partial charge in [-0.25, -0.2) is 9.97 Å². The number of anilines is 2. The minimum absolute atomic E-state index is 0.0247. The predicted octanol–water partition coefficient (Wildman–Crippen LogP) is 4.75. The number of fused-ring (bicyclic) bond motifs is 1.